The van der Waals surface area contributed by atoms with E-state index in [-0.39, 0.29) is 11.9 Å². The van der Waals surface area contributed by atoms with Crippen molar-refractivity contribution in [1.29, 1.82) is 0 Å². The van der Waals surface area contributed by atoms with Gasteiger partial charge < -0.3 is 10.2 Å². The van der Waals surface area contributed by atoms with Gasteiger partial charge in [-0.1, -0.05) is 18.5 Å². The van der Waals surface area contributed by atoms with Crippen molar-refractivity contribution in [2.24, 2.45) is 0 Å². The van der Waals surface area contributed by atoms with Crippen LogP contribution in [0.25, 0.3) is 0 Å². The highest BCUT2D eigenvalue weighted by atomic mass is 35.5. The van der Waals surface area contributed by atoms with Crippen molar-refractivity contribution in [3.05, 3.63) is 28.8 Å². The summed E-state index contributed by atoms with van der Waals surface area (Å²) >= 11 is 6.02. The Balaban J connectivity index is 2.32. The highest BCUT2D eigenvalue weighted by Crippen LogP contribution is 2.25. The van der Waals surface area contributed by atoms with Gasteiger partial charge in [0, 0.05) is 24.3 Å². The first-order valence-electron chi connectivity index (χ1n) is 5.96. The Kier molecular flexibility index (Phi) is 3.87. The smallest absolute Gasteiger partial charge is 0.242 e. The van der Waals surface area contributed by atoms with Crippen molar-refractivity contribution in [3.63, 3.8) is 0 Å². The third-order valence-electron chi connectivity index (χ3n) is 3.16. The third-order valence-corrected chi connectivity index (χ3v) is 3.49. The van der Waals surface area contributed by atoms with Gasteiger partial charge in [-0.2, -0.15) is 0 Å². The summed E-state index contributed by atoms with van der Waals surface area (Å²) in [5.41, 5.74) is 1.35. The Morgan fingerprint density at radius 1 is 1.56 bits per heavy atom. The van der Waals surface area contributed by atoms with Crippen LogP contribution in [-0.4, -0.2) is 31.3 Å². The van der Waals surface area contributed by atoms with Crippen molar-refractivity contribution in [2.45, 2.75) is 19.4 Å². The first kappa shape index (κ1) is 12.9. The molecule has 0 saturated carbocycles. The van der Waals surface area contributed by atoms with Gasteiger partial charge in [-0.25, -0.2) is 0 Å². The predicted octanol–water partition coefficient (Wildman–Crippen LogP) is 1.87. The van der Waals surface area contributed by atoms with Crippen LogP contribution in [0, 0.1) is 0 Å². The van der Waals surface area contributed by atoms with E-state index in [1.165, 1.54) is 0 Å². The molecule has 1 aromatic carbocycles. The monoisotopic (exact) mass is 266 g/mol. The first-order valence-corrected chi connectivity index (χ1v) is 6.34. The molecule has 1 atom stereocenters. The zero-order chi connectivity index (χ0) is 13.1. The van der Waals surface area contributed by atoms with Crippen molar-refractivity contribution in [2.75, 3.05) is 18.0 Å². The third kappa shape index (κ3) is 2.34. The number of amides is 1. The molecular formula is C13H15ClN2O2. The Hall–Kier alpha value is -1.55. The fourth-order valence-electron chi connectivity index (χ4n) is 2.22. The summed E-state index contributed by atoms with van der Waals surface area (Å²) in [7, 11) is 0. The van der Waals surface area contributed by atoms with Crippen LogP contribution < -0.4 is 10.2 Å². The van der Waals surface area contributed by atoms with E-state index in [9.17, 15) is 9.59 Å². The molecule has 0 spiro atoms. The molecule has 1 heterocycles. The Labute approximate surface area is 111 Å². The summed E-state index contributed by atoms with van der Waals surface area (Å²) in [4.78, 5) is 24.5. The van der Waals surface area contributed by atoms with Gasteiger partial charge in [-0.05, 0) is 24.6 Å². The van der Waals surface area contributed by atoms with E-state index in [2.05, 4.69) is 5.32 Å². The SMILES string of the molecule is CCC1C(=O)NCCN1c1ccc(C=O)c(Cl)c1. The lowest BCUT2D eigenvalue weighted by Gasteiger charge is -2.36. The molecule has 18 heavy (non-hydrogen) atoms. The number of hydrogen-bond acceptors (Lipinski definition) is 3. The summed E-state index contributed by atoms with van der Waals surface area (Å²) in [5, 5.41) is 3.27. The highest BCUT2D eigenvalue weighted by molar-refractivity contribution is 6.33. The number of piperazine rings is 1. The van der Waals surface area contributed by atoms with E-state index < -0.39 is 0 Å². The van der Waals surface area contributed by atoms with E-state index in [4.69, 9.17) is 11.6 Å². The van der Waals surface area contributed by atoms with E-state index in [1.807, 2.05) is 17.9 Å². The van der Waals surface area contributed by atoms with Gasteiger partial charge in [0.2, 0.25) is 5.91 Å². The van der Waals surface area contributed by atoms with E-state index in [0.717, 1.165) is 24.9 Å². The maximum atomic E-state index is 11.8. The van der Waals surface area contributed by atoms with Crippen LogP contribution in [0.5, 0.6) is 0 Å². The molecule has 4 nitrogen and oxygen atoms in total. The molecule has 0 bridgehead atoms. The second-order valence-electron chi connectivity index (χ2n) is 4.23. The molecule has 1 saturated heterocycles. The van der Waals surface area contributed by atoms with Gasteiger partial charge >= 0.3 is 0 Å². The molecule has 1 aliphatic heterocycles. The van der Waals surface area contributed by atoms with Crippen LogP contribution in [0.4, 0.5) is 5.69 Å². The largest absolute Gasteiger partial charge is 0.358 e. The zero-order valence-corrected chi connectivity index (χ0v) is 10.9. The van der Waals surface area contributed by atoms with Crippen LogP contribution in [0.3, 0.4) is 0 Å². The van der Waals surface area contributed by atoms with Crippen molar-refractivity contribution < 1.29 is 9.59 Å². The van der Waals surface area contributed by atoms with Gasteiger partial charge in [-0.15, -0.1) is 0 Å². The number of carbonyl (C=O) groups is 2. The van der Waals surface area contributed by atoms with Crippen LogP contribution in [0.15, 0.2) is 18.2 Å². The molecule has 96 valence electrons. The molecule has 0 aromatic heterocycles. The fraction of sp³-hybridized carbons (Fsp3) is 0.385. The van der Waals surface area contributed by atoms with Crippen molar-refractivity contribution in [3.8, 4) is 0 Å². The second kappa shape index (κ2) is 5.40. The number of nitrogens with one attached hydrogen (secondary N) is 1. The minimum absolute atomic E-state index is 0.0411. The van der Waals surface area contributed by atoms with Crippen molar-refractivity contribution in [1.82, 2.24) is 5.32 Å². The van der Waals surface area contributed by atoms with E-state index in [1.54, 1.807) is 12.1 Å². The maximum Gasteiger partial charge on any atom is 0.242 e. The van der Waals surface area contributed by atoms with Crippen LogP contribution in [0.2, 0.25) is 5.02 Å². The number of hydrogen-bond donors (Lipinski definition) is 1. The molecule has 1 aromatic rings. The minimum atomic E-state index is -0.170. The van der Waals surface area contributed by atoms with Crippen LogP contribution >= 0.6 is 11.6 Å². The molecule has 1 aliphatic rings. The van der Waals surface area contributed by atoms with Crippen molar-refractivity contribution >= 4 is 29.5 Å². The van der Waals surface area contributed by atoms with Crippen LogP contribution in [0.1, 0.15) is 23.7 Å². The quantitative estimate of drug-likeness (QED) is 0.850. The van der Waals surface area contributed by atoms with Gasteiger partial charge in [0.05, 0.1) is 5.02 Å². The summed E-state index contributed by atoms with van der Waals surface area (Å²) in [6, 6.07) is 5.09. The number of anilines is 1. The normalized spacial score (nSPS) is 19.6. The Morgan fingerprint density at radius 2 is 2.33 bits per heavy atom. The van der Waals surface area contributed by atoms with E-state index in [0.29, 0.717) is 17.1 Å². The number of rotatable bonds is 3. The number of benzene rings is 1. The van der Waals surface area contributed by atoms with Crippen LogP contribution in [-0.2, 0) is 4.79 Å². The molecular weight excluding hydrogens is 252 g/mol. The number of aldehydes is 1. The lowest BCUT2D eigenvalue weighted by molar-refractivity contribution is -0.123. The second-order valence-corrected chi connectivity index (χ2v) is 4.64. The fourth-order valence-corrected chi connectivity index (χ4v) is 2.44. The first-order chi connectivity index (χ1) is 8.67. The number of nitrogens with zero attached hydrogens (tertiary/aromatic N) is 1. The topological polar surface area (TPSA) is 49.4 Å². The molecule has 1 fully saturated rings. The molecule has 0 radical (unpaired) electrons. The summed E-state index contributed by atoms with van der Waals surface area (Å²) in [6.45, 7) is 3.35. The van der Waals surface area contributed by atoms with Gasteiger partial charge in [0.1, 0.15) is 6.04 Å². The van der Waals surface area contributed by atoms with Gasteiger partial charge in [0.25, 0.3) is 0 Å². The molecule has 0 aliphatic carbocycles. The lowest BCUT2D eigenvalue weighted by atomic mass is 10.1. The molecule has 1 unspecified atom stereocenters. The average molecular weight is 267 g/mol. The number of carbonyl (C=O) groups excluding carboxylic acids is 2. The summed E-state index contributed by atoms with van der Waals surface area (Å²) in [5.74, 6) is 0.0411. The molecule has 1 amide bonds. The molecule has 2 rings (SSSR count). The predicted molar refractivity (Wildman–Crippen MR) is 71.3 cm³/mol. The molecule has 5 heteroatoms. The Morgan fingerprint density at radius 3 is 2.94 bits per heavy atom. The lowest BCUT2D eigenvalue weighted by Crippen LogP contribution is -2.55. The molecule has 1 N–H and O–H groups in total. The van der Waals surface area contributed by atoms with Gasteiger partial charge in [-0.3, -0.25) is 9.59 Å². The zero-order valence-electron chi connectivity index (χ0n) is 10.1. The van der Waals surface area contributed by atoms with Gasteiger partial charge in [0.15, 0.2) is 6.29 Å². The Bertz CT molecular complexity index is 476. The summed E-state index contributed by atoms with van der Waals surface area (Å²) < 4.78 is 0. The summed E-state index contributed by atoms with van der Waals surface area (Å²) in [6.07, 6.45) is 1.46. The van der Waals surface area contributed by atoms with E-state index >= 15 is 0 Å². The number of halogens is 1. The minimum Gasteiger partial charge on any atom is -0.358 e. The standard InChI is InChI=1S/C13H15ClN2O2/c1-2-12-13(18)15-5-6-16(12)10-4-3-9(8-17)11(14)7-10/h3-4,7-8,12H,2,5-6H2,1H3,(H,15,18). The average Bonchev–Trinajstić information content (AvgIpc) is 2.38. The highest BCUT2D eigenvalue weighted by Gasteiger charge is 2.28. The maximum absolute atomic E-state index is 11.8.